The summed E-state index contributed by atoms with van der Waals surface area (Å²) in [6, 6.07) is 10.7. The van der Waals surface area contributed by atoms with E-state index in [0.29, 0.717) is 23.0 Å². The molecule has 0 radical (unpaired) electrons. The normalized spacial score (nSPS) is 10.7. The Morgan fingerprint density at radius 2 is 1.90 bits per heavy atom. The Kier molecular flexibility index (Phi) is 6.42. The molecule has 1 aromatic heterocycles. The Morgan fingerprint density at radius 3 is 2.60 bits per heavy atom. The smallest absolute Gasteiger partial charge is 0.343 e. The monoisotopic (exact) mass is 428 g/mol. The van der Waals surface area contributed by atoms with E-state index in [1.807, 2.05) is 19.1 Å². The van der Waals surface area contributed by atoms with Crippen molar-refractivity contribution in [3.63, 3.8) is 0 Å². The first-order valence-electron chi connectivity index (χ1n) is 9.31. The van der Waals surface area contributed by atoms with Gasteiger partial charge in [-0.3, -0.25) is 9.59 Å². The molecule has 0 aliphatic rings. The van der Waals surface area contributed by atoms with Gasteiger partial charge in [0.25, 0.3) is 11.5 Å². The number of aryl methyl sites for hydroxylation is 2. The highest BCUT2D eigenvalue weighted by Crippen LogP contribution is 2.34. The number of H-pyrrole nitrogens is 1. The SMILES string of the molecule is CCc1ccccc1NC(=O)c1c(OCC(=O)OC)c2c(Cl)ccc(C)c2[nH]c1=O. The minimum Gasteiger partial charge on any atom is -0.480 e. The molecule has 0 spiro atoms. The van der Waals surface area contributed by atoms with Crippen LogP contribution in [0.25, 0.3) is 10.9 Å². The fourth-order valence-corrected chi connectivity index (χ4v) is 3.39. The van der Waals surface area contributed by atoms with Crippen LogP contribution in [0.2, 0.25) is 5.02 Å². The van der Waals surface area contributed by atoms with Crippen molar-refractivity contribution >= 4 is 40.1 Å². The van der Waals surface area contributed by atoms with Crippen molar-refractivity contribution in [1.29, 1.82) is 0 Å². The first kappa shape index (κ1) is 21.4. The number of amides is 1. The average Bonchev–Trinajstić information content (AvgIpc) is 2.74. The van der Waals surface area contributed by atoms with E-state index in [4.69, 9.17) is 16.3 Å². The van der Waals surface area contributed by atoms with Crippen LogP contribution < -0.4 is 15.6 Å². The molecule has 0 unspecified atom stereocenters. The zero-order chi connectivity index (χ0) is 21.8. The molecule has 0 atom stereocenters. The van der Waals surface area contributed by atoms with Crippen LogP contribution in [0.3, 0.4) is 0 Å². The number of aromatic nitrogens is 1. The third kappa shape index (κ3) is 4.16. The number of esters is 1. The third-order valence-corrected chi connectivity index (χ3v) is 5.03. The summed E-state index contributed by atoms with van der Waals surface area (Å²) in [4.78, 5) is 40.3. The van der Waals surface area contributed by atoms with Crippen LogP contribution in [-0.2, 0) is 16.0 Å². The van der Waals surface area contributed by atoms with Crippen molar-refractivity contribution in [2.75, 3.05) is 19.0 Å². The largest absolute Gasteiger partial charge is 0.480 e. The van der Waals surface area contributed by atoms with Crippen LogP contribution in [0.1, 0.15) is 28.4 Å². The second-order valence-electron chi connectivity index (χ2n) is 6.60. The number of nitrogens with one attached hydrogen (secondary N) is 2. The van der Waals surface area contributed by atoms with Crippen LogP contribution in [0.4, 0.5) is 5.69 Å². The van der Waals surface area contributed by atoms with Gasteiger partial charge in [-0.2, -0.15) is 0 Å². The maximum atomic E-state index is 13.1. The van der Waals surface area contributed by atoms with Crippen molar-refractivity contribution in [1.82, 2.24) is 4.98 Å². The number of halogens is 1. The molecule has 156 valence electrons. The number of fused-ring (bicyclic) bond motifs is 1. The highest BCUT2D eigenvalue weighted by atomic mass is 35.5. The van der Waals surface area contributed by atoms with E-state index in [2.05, 4.69) is 15.0 Å². The molecule has 1 amide bonds. The molecule has 3 rings (SSSR count). The molecule has 7 nitrogen and oxygen atoms in total. The number of methoxy groups -OCH3 is 1. The molecule has 8 heteroatoms. The molecule has 0 aliphatic heterocycles. The molecule has 2 N–H and O–H groups in total. The first-order valence-corrected chi connectivity index (χ1v) is 9.69. The van der Waals surface area contributed by atoms with Crippen LogP contribution in [0.5, 0.6) is 5.75 Å². The maximum absolute atomic E-state index is 13.1. The number of rotatable bonds is 6. The number of aromatic amines is 1. The van der Waals surface area contributed by atoms with Crippen molar-refractivity contribution in [3.05, 3.63) is 68.5 Å². The summed E-state index contributed by atoms with van der Waals surface area (Å²) in [7, 11) is 1.22. The molecule has 0 aliphatic carbocycles. The van der Waals surface area contributed by atoms with E-state index >= 15 is 0 Å². The minimum atomic E-state index is -0.670. The summed E-state index contributed by atoms with van der Waals surface area (Å²) in [5.74, 6) is -1.40. The summed E-state index contributed by atoms with van der Waals surface area (Å²) >= 11 is 6.37. The van der Waals surface area contributed by atoms with Gasteiger partial charge in [0.2, 0.25) is 0 Å². The molecule has 1 heterocycles. The van der Waals surface area contributed by atoms with Crippen LogP contribution in [0, 0.1) is 6.92 Å². The van der Waals surface area contributed by atoms with Crippen molar-refractivity contribution in [2.24, 2.45) is 0 Å². The van der Waals surface area contributed by atoms with Gasteiger partial charge in [-0.05, 0) is 36.6 Å². The molecule has 3 aromatic rings. The number of pyridine rings is 1. The Bertz CT molecular complexity index is 1190. The maximum Gasteiger partial charge on any atom is 0.343 e. The van der Waals surface area contributed by atoms with E-state index in [9.17, 15) is 14.4 Å². The van der Waals surface area contributed by atoms with Gasteiger partial charge in [0.15, 0.2) is 6.61 Å². The second kappa shape index (κ2) is 9.00. The number of anilines is 1. The summed E-state index contributed by atoms with van der Waals surface area (Å²) < 4.78 is 10.2. The number of ether oxygens (including phenoxy) is 2. The topological polar surface area (TPSA) is 97.5 Å². The zero-order valence-corrected chi connectivity index (χ0v) is 17.6. The van der Waals surface area contributed by atoms with Crippen LogP contribution in [-0.4, -0.2) is 30.6 Å². The van der Waals surface area contributed by atoms with Gasteiger partial charge in [-0.1, -0.05) is 42.8 Å². The van der Waals surface area contributed by atoms with Crippen LogP contribution >= 0.6 is 11.6 Å². The minimum absolute atomic E-state index is 0.0701. The van der Waals surface area contributed by atoms with Gasteiger partial charge in [-0.25, -0.2) is 4.79 Å². The number of hydrogen-bond donors (Lipinski definition) is 2. The summed E-state index contributed by atoms with van der Waals surface area (Å²) in [5.41, 5.74) is 1.73. The van der Waals surface area contributed by atoms with E-state index in [1.165, 1.54) is 7.11 Å². The Balaban J connectivity index is 2.18. The third-order valence-electron chi connectivity index (χ3n) is 4.72. The van der Waals surface area contributed by atoms with E-state index in [0.717, 1.165) is 11.1 Å². The zero-order valence-electron chi connectivity index (χ0n) is 16.8. The molecule has 30 heavy (non-hydrogen) atoms. The molecule has 0 fully saturated rings. The first-order chi connectivity index (χ1) is 14.4. The van der Waals surface area contributed by atoms with E-state index < -0.39 is 24.0 Å². The van der Waals surface area contributed by atoms with Gasteiger partial charge < -0.3 is 19.8 Å². The molecule has 0 saturated carbocycles. The number of para-hydroxylation sites is 1. The highest BCUT2D eigenvalue weighted by molar-refractivity contribution is 6.36. The van der Waals surface area contributed by atoms with E-state index in [1.54, 1.807) is 31.2 Å². The molecule has 0 saturated heterocycles. The van der Waals surface area contributed by atoms with E-state index in [-0.39, 0.29) is 16.3 Å². The average molecular weight is 429 g/mol. The summed E-state index contributed by atoms with van der Waals surface area (Å²) in [6.07, 6.45) is 0.696. The molecular formula is C22H21ClN2O5. The fraction of sp³-hybridized carbons (Fsp3) is 0.227. The lowest BCUT2D eigenvalue weighted by atomic mass is 10.1. The van der Waals surface area contributed by atoms with Gasteiger partial charge in [0.05, 0.1) is 23.0 Å². The number of hydrogen-bond acceptors (Lipinski definition) is 5. The fourth-order valence-electron chi connectivity index (χ4n) is 3.14. The molecular weight excluding hydrogens is 408 g/mol. The van der Waals surface area contributed by atoms with Gasteiger partial charge in [0, 0.05) is 5.69 Å². The Hall–Kier alpha value is -3.32. The Morgan fingerprint density at radius 1 is 1.17 bits per heavy atom. The second-order valence-corrected chi connectivity index (χ2v) is 7.01. The summed E-state index contributed by atoms with van der Waals surface area (Å²) in [6.45, 7) is 3.27. The lowest BCUT2D eigenvalue weighted by Gasteiger charge is -2.16. The predicted molar refractivity (Wildman–Crippen MR) is 116 cm³/mol. The van der Waals surface area contributed by atoms with Crippen molar-refractivity contribution in [2.45, 2.75) is 20.3 Å². The molecule has 2 aromatic carbocycles. The molecule has 0 bridgehead atoms. The standard InChI is InChI=1S/C22H21ClN2O5/c1-4-13-7-5-6-8-15(13)24-21(27)18-20(30-11-16(26)29-3)17-14(23)10-9-12(2)19(17)25-22(18)28/h5-10H,4,11H2,1-3H3,(H,24,27)(H,25,28). The van der Waals surface area contributed by atoms with Gasteiger partial charge in [-0.15, -0.1) is 0 Å². The summed E-state index contributed by atoms with van der Waals surface area (Å²) in [5, 5.41) is 3.38. The van der Waals surface area contributed by atoms with Gasteiger partial charge >= 0.3 is 5.97 Å². The highest BCUT2D eigenvalue weighted by Gasteiger charge is 2.24. The van der Waals surface area contributed by atoms with Crippen LogP contribution in [0.15, 0.2) is 41.2 Å². The lowest BCUT2D eigenvalue weighted by Crippen LogP contribution is -2.26. The number of carbonyl (C=O) groups is 2. The Labute approximate surface area is 178 Å². The van der Waals surface area contributed by atoms with Gasteiger partial charge in [0.1, 0.15) is 11.3 Å². The number of carbonyl (C=O) groups excluding carboxylic acids is 2. The quantitative estimate of drug-likeness (QED) is 0.581. The number of benzene rings is 2. The van der Waals surface area contributed by atoms with Crippen molar-refractivity contribution in [3.8, 4) is 5.75 Å². The lowest BCUT2D eigenvalue weighted by molar-refractivity contribution is -0.142. The van der Waals surface area contributed by atoms with Crippen molar-refractivity contribution < 1.29 is 19.1 Å². The predicted octanol–water partition coefficient (Wildman–Crippen LogP) is 3.86.